The Bertz CT molecular complexity index is 463. The Morgan fingerprint density at radius 3 is 2.72 bits per heavy atom. The molecule has 1 amide bonds. The minimum Gasteiger partial charge on any atom is -0.478 e. The van der Waals surface area contributed by atoms with Crippen molar-refractivity contribution in [3.05, 3.63) is 27.3 Å². The Morgan fingerprint density at radius 1 is 1.50 bits per heavy atom. The first-order chi connectivity index (χ1) is 8.43. The van der Waals surface area contributed by atoms with Gasteiger partial charge >= 0.3 is 5.97 Å². The van der Waals surface area contributed by atoms with E-state index in [1.807, 2.05) is 29.5 Å². The fourth-order valence-electron chi connectivity index (χ4n) is 1.39. The van der Waals surface area contributed by atoms with Gasteiger partial charge in [0.15, 0.2) is 0 Å². The van der Waals surface area contributed by atoms with E-state index in [4.69, 9.17) is 10.8 Å². The number of halogens is 1. The number of rotatable bonds is 5. The van der Waals surface area contributed by atoms with Gasteiger partial charge < -0.3 is 16.2 Å². The lowest BCUT2D eigenvalue weighted by Crippen LogP contribution is -2.26. The van der Waals surface area contributed by atoms with Crippen LogP contribution in [0.5, 0.6) is 0 Å². The Hall–Kier alpha value is -1.15. The van der Waals surface area contributed by atoms with Crippen molar-refractivity contribution in [2.75, 3.05) is 5.32 Å². The third-order valence-corrected chi connectivity index (χ3v) is 3.13. The summed E-state index contributed by atoms with van der Waals surface area (Å²) in [5.74, 6) is -1.34. The average molecular weight is 362 g/mol. The normalized spacial score (nSPS) is 11.9. The number of carboxylic acid groups (broad SMARTS) is 1. The number of hydrogen-bond acceptors (Lipinski definition) is 3. The van der Waals surface area contributed by atoms with Crippen LogP contribution in [-0.2, 0) is 4.79 Å². The highest BCUT2D eigenvalue weighted by Crippen LogP contribution is 2.19. The van der Waals surface area contributed by atoms with E-state index in [1.54, 1.807) is 12.1 Å². The molecule has 0 saturated heterocycles. The number of hydrogen-bond donors (Lipinski definition) is 3. The molecule has 1 aromatic rings. The maximum absolute atomic E-state index is 11.7. The predicted molar refractivity (Wildman–Crippen MR) is 77.6 cm³/mol. The molecule has 0 radical (unpaired) electrons. The summed E-state index contributed by atoms with van der Waals surface area (Å²) in [4.78, 5) is 22.7. The van der Waals surface area contributed by atoms with Crippen LogP contribution in [0.3, 0.4) is 0 Å². The molecule has 0 aliphatic rings. The largest absolute Gasteiger partial charge is 0.478 e. The van der Waals surface area contributed by atoms with E-state index in [1.165, 1.54) is 6.07 Å². The van der Waals surface area contributed by atoms with Crippen LogP contribution >= 0.6 is 22.6 Å². The summed E-state index contributed by atoms with van der Waals surface area (Å²) in [7, 11) is 0. The Balaban J connectivity index is 2.84. The van der Waals surface area contributed by atoms with Gasteiger partial charge in [-0.15, -0.1) is 0 Å². The molecule has 1 rings (SSSR count). The van der Waals surface area contributed by atoms with Crippen molar-refractivity contribution in [3.8, 4) is 0 Å². The van der Waals surface area contributed by atoms with Crippen molar-refractivity contribution in [3.63, 3.8) is 0 Å². The lowest BCUT2D eigenvalue weighted by atomic mass is 10.1. The molecule has 0 spiro atoms. The fraction of sp³-hybridized carbons (Fsp3) is 0.333. The molecule has 0 aromatic heterocycles. The first-order valence-corrected chi connectivity index (χ1v) is 6.60. The average Bonchev–Trinajstić information content (AvgIpc) is 2.30. The second kappa shape index (κ2) is 6.69. The lowest BCUT2D eigenvalue weighted by molar-refractivity contribution is -0.116. The summed E-state index contributed by atoms with van der Waals surface area (Å²) in [5, 5.41) is 11.6. The van der Waals surface area contributed by atoms with E-state index < -0.39 is 5.97 Å². The molecule has 0 aliphatic heterocycles. The van der Waals surface area contributed by atoms with Gasteiger partial charge in [0.2, 0.25) is 5.91 Å². The maximum atomic E-state index is 11.7. The highest BCUT2D eigenvalue weighted by molar-refractivity contribution is 14.1. The molecule has 4 N–H and O–H groups in total. The monoisotopic (exact) mass is 362 g/mol. The number of nitrogens with two attached hydrogens (primary N) is 1. The van der Waals surface area contributed by atoms with Crippen LogP contribution in [-0.4, -0.2) is 23.0 Å². The lowest BCUT2D eigenvalue weighted by Gasteiger charge is -2.11. The standard InChI is InChI=1S/C12H15IN2O3/c1-2-8(14)6-11(16)15-10-4-3-7(13)5-9(10)12(17)18/h3-5,8H,2,6,14H2,1H3,(H,15,16)(H,17,18). The minimum absolute atomic E-state index is 0.0836. The number of amides is 1. The van der Waals surface area contributed by atoms with Crippen LogP contribution in [0.2, 0.25) is 0 Å². The van der Waals surface area contributed by atoms with E-state index in [9.17, 15) is 9.59 Å². The molecule has 1 atom stereocenters. The van der Waals surface area contributed by atoms with Crippen LogP contribution in [0.1, 0.15) is 30.1 Å². The molecule has 1 unspecified atom stereocenters. The van der Waals surface area contributed by atoms with E-state index in [-0.39, 0.29) is 23.9 Å². The second-order valence-corrected chi connectivity index (χ2v) is 5.16. The fourth-order valence-corrected chi connectivity index (χ4v) is 1.88. The second-order valence-electron chi connectivity index (χ2n) is 3.92. The number of nitrogens with one attached hydrogen (secondary N) is 1. The van der Waals surface area contributed by atoms with E-state index in [0.717, 1.165) is 3.57 Å². The smallest absolute Gasteiger partial charge is 0.337 e. The molecule has 0 fully saturated rings. The van der Waals surface area contributed by atoms with Gasteiger partial charge in [-0.05, 0) is 47.2 Å². The molecule has 0 heterocycles. The van der Waals surface area contributed by atoms with Crippen LogP contribution < -0.4 is 11.1 Å². The number of aromatic carboxylic acids is 1. The van der Waals surface area contributed by atoms with Gasteiger partial charge in [-0.1, -0.05) is 6.92 Å². The zero-order valence-corrected chi connectivity index (χ0v) is 12.1. The summed E-state index contributed by atoms with van der Waals surface area (Å²) in [6.45, 7) is 1.89. The zero-order valence-electron chi connectivity index (χ0n) is 9.94. The third kappa shape index (κ3) is 4.26. The number of benzene rings is 1. The van der Waals surface area contributed by atoms with Crippen molar-refractivity contribution in [1.29, 1.82) is 0 Å². The van der Waals surface area contributed by atoms with Crippen LogP contribution in [0.25, 0.3) is 0 Å². The first-order valence-electron chi connectivity index (χ1n) is 5.52. The van der Waals surface area contributed by atoms with E-state index >= 15 is 0 Å². The van der Waals surface area contributed by atoms with Crippen LogP contribution in [0.15, 0.2) is 18.2 Å². The highest BCUT2D eigenvalue weighted by atomic mass is 127. The van der Waals surface area contributed by atoms with E-state index in [0.29, 0.717) is 12.1 Å². The number of carbonyl (C=O) groups excluding carboxylic acids is 1. The molecule has 18 heavy (non-hydrogen) atoms. The number of carboxylic acids is 1. The predicted octanol–water partition coefficient (Wildman–Crippen LogP) is 2.06. The summed E-state index contributed by atoms with van der Waals surface area (Å²) in [6, 6.07) is 4.63. The molecule has 0 bridgehead atoms. The topological polar surface area (TPSA) is 92.4 Å². The number of anilines is 1. The molecule has 5 nitrogen and oxygen atoms in total. The summed E-state index contributed by atoms with van der Waals surface area (Å²) in [5.41, 5.74) is 6.06. The first kappa shape index (κ1) is 14.9. The Labute approximate surface area is 119 Å². The van der Waals surface area contributed by atoms with Crippen LogP contribution in [0, 0.1) is 3.57 Å². The Kier molecular flexibility index (Phi) is 5.54. The van der Waals surface area contributed by atoms with Gasteiger partial charge in [0.25, 0.3) is 0 Å². The number of carbonyl (C=O) groups is 2. The molecular formula is C12H15IN2O3. The Morgan fingerprint density at radius 2 is 2.17 bits per heavy atom. The minimum atomic E-state index is -1.07. The van der Waals surface area contributed by atoms with Crippen LogP contribution in [0.4, 0.5) is 5.69 Å². The molecule has 1 aromatic carbocycles. The molecular weight excluding hydrogens is 347 g/mol. The van der Waals surface area contributed by atoms with Gasteiger partial charge in [-0.25, -0.2) is 4.79 Å². The maximum Gasteiger partial charge on any atom is 0.337 e. The third-order valence-electron chi connectivity index (χ3n) is 2.46. The van der Waals surface area contributed by atoms with Gasteiger partial charge in [-0.3, -0.25) is 4.79 Å². The highest BCUT2D eigenvalue weighted by Gasteiger charge is 2.14. The summed E-state index contributed by atoms with van der Waals surface area (Å²) < 4.78 is 0.799. The molecule has 0 saturated carbocycles. The van der Waals surface area contributed by atoms with Crippen molar-refractivity contribution >= 4 is 40.2 Å². The van der Waals surface area contributed by atoms with Crippen molar-refractivity contribution in [2.45, 2.75) is 25.8 Å². The van der Waals surface area contributed by atoms with Crippen molar-refractivity contribution in [2.24, 2.45) is 5.73 Å². The summed E-state index contributed by atoms with van der Waals surface area (Å²) in [6.07, 6.45) is 0.882. The van der Waals surface area contributed by atoms with E-state index in [2.05, 4.69) is 5.32 Å². The quantitative estimate of drug-likeness (QED) is 0.699. The molecule has 6 heteroatoms. The molecule has 0 aliphatic carbocycles. The van der Waals surface area contributed by atoms with Crippen molar-refractivity contribution < 1.29 is 14.7 Å². The van der Waals surface area contributed by atoms with Crippen molar-refractivity contribution in [1.82, 2.24) is 0 Å². The SMILES string of the molecule is CCC(N)CC(=O)Nc1ccc(I)cc1C(=O)O. The zero-order chi connectivity index (χ0) is 13.7. The van der Waals surface area contributed by atoms with Gasteiger partial charge in [0.05, 0.1) is 11.3 Å². The van der Waals surface area contributed by atoms with Gasteiger partial charge in [-0.2, -0.15) is 0 Å². The summed E-state index contributed by atoms with van der Waals surface area (Å²) >= 11 is 2.02. The van der Waals surface area contributed by atoms with Gasteiger partial charge in [0.1, 0.15) is 0 Å². The molecule has 98 valence electrons. The van der Waals surface area contributed by atoms with Gasteiger partial charge in [0, 0.05) is 16.0 Å².